The number of benzene rings is 3. The average Bonchev–Trinajstić information content (AvgIpc) is 3.68. The number of aliphatic carboxylic acids is 1. The summed E-state index contributed by atoms with van der Waals surface area (Å²) in [5.74, 6) is 0.731. The van der Waals surface area contributed by atoms with Crippen molar-refractivity contribution in [2.45, 2.75) is 56.2 Å². The van der Waals surface area contributed by atoms with Gasteiger partial charge in [-0.25, -0.2) is 4.98 Å². The molecule has 1 fully saturated rings. The average molecular weight is 684 g/mol. The summed E-state index contributed by atoms with van der Waals surface area (Å²) >= 11 is 2.71. The molecule has 3 aromatic carbocycles. The fourth-order valence-corrected chi connectivity index (χ4v) is 7.57. The Kier molecular flexibility index (Phi) is 9.46. The highest BCUT2D eigenvalue weighted by Crippen LogP contribution is 2.37. The standard InChI is InChI=1S/C35H36F3N3O4S2/c1-22-18-27(9-11-30(22)47-34(2,3)33(42)43)45-21-31-28(39-32(46-31)23-4-6-25(7-5-23)35(36,37)38)20-40-13-15-41(16-14-40)26-8-10-29-24(19-26)12-17-44-29/h4-11,18-19H,12-17,20-21H2,1-3H3,(H,42,43). The second-order valence-electron chi connectivity index (χ2n) is 12.3. The van der Waals surface area contributed by atoms with Crippen molar-refractivity contribution in [2.75, 3.05) is 37.7 Å². The van der Waals surface area contributed by atoms with Gasteiger partial charge in [0.25, 0.3) is 0 Å². The molecule has 2 aliphatic heterocycles. The third-order valence-electron chi connectivity index (χ3n) is 8.42. The lowest BCUT2D eigenvalue weighted by atomic mass is 10.1. The van der Waals surface area contributed by atoms with Gasteiger partial charge in [-0.3, -0.25) is 9.69 Å². The number of carboxylic acids is 1. The first kappa shape index (κ1) is 33.2. The number of carboxylic acid groups (broad SMARTS) is 1. The number of carbonyl (C=O) groups is 1. The molecule has 0 unspecified atom stereocenters. The Balaban J connectivity index is 1.17. The van der Waals surface area contributed by atoms with Crippen molar-refractivity contribution in [3.05, 3.63) is 87.9 Å². The van der Waals surface area contributed by atoms with E-state index < -0.39 is 22.5 Å². The quantitative estimate of drug-likeness (QED) is 0.169. The molecule has 1 saturated heterocycles. The van der Waals surface area contributed by atoms with Crippen LogP contribution in [-0.2, 0) is 30.5 Å². The number of alkyl halides is 3. The number of thiazole rings is 1. The molecule has 7 nitrogen and oxygen atoms in total. The number of rotatable bonds is 10. The van der Waals surface area contributed by atoms with E-state index >= 15 is 0 Å². The molecule has 3 heterocycles. The molecule has 0 amide bonds. The van der Waals surface area contributed by atoms with Crippen LogP contribution in [-0.4, -0.2) is 58.5 Å². The van der Waals surface area contributed by atoms with Gasteiger partial charge < -0.3 is 19.5 Å². The van der Waals surface area contributed by atoms with Crippen molar-refractivity contribution in [1.82, 2.24) is 9.88 Å². The number of aryl methyl sites for hydroxylation is 1. The van der Waals surface area contributed by atoms with E-state index in [2.05, 4.69) is 28.0 Å². The van der Waals surface area contributed by atoms with Crippen molar-refractivity contribution in [2.24, 2.45) is 0 Å². The summed E-state index contributed by atoms with van der Waals surface area (Å²) in [4.78, 5) is 23.0. The summed E-state index contributed by atoms with van der Waals surface area (Å²) in [6.45, 7) is 10.3. The van der Waals surface area contributed by atoms with Gasteiger partial charge in [0.1, 0.15) is 27.9 Å². The van der Waals surface area contributed by atoms with E-state index in [1.807, 2.05) is 25.1 Å². The summed E-state index contributed by atoms with van der Waals surface area (Å²) in [5.41, 5.74) is 4.14. The Morgan fingerprint density at radius 1 is 1.04 bits per heavy atom. The lowest BCUT2D eigenvalue weighted by molar-refractivity contribution is -0.139. The number of fused-ring (bicyclic) bond motifs is 1. The fourth-order valence-electron chi connectivity index (χ4n) is 5.58. The predicted octanol–water partition coefficient (Wildman–Crippen LogP) is 7.93. The van der Waals surface area contributed by atoms with Crippen LogP contribution in [0, 0.1) is 6.92 Å². The van der Waals surface area contributed by atoms with Crippen molar-refractivity contribution < 1.29 is 32.5 Å². The van der Waals surface area contributed by atoms with Crippen molar-refractivity contribution in [3.63, 3.8) is 0 Å². The third-order valence-corrected chi connectivity index (χ3v) is 10.9. The Morgan fingerprint density at radius 3 is 2.47 bits per heavy atom. The number of hydrogen-bond donors (Lipinski definition) is 1. The van der Waals surface area contributed by atoms with Crippen LogP contribution in [0.3, 0.4) is 0 Å². The summed E-state index contributed by atoms with van der Waals surface area (Å²) in [6.07, 6.45) is -3.47. The van der Waals surface area contributed by atoms with E-state index in [-0.39, 0.29) is 6.61 Å². The molecule has 47 heavy (non-hydrogen) atoms. The maximum absolute atomic E-state index is 13.2. The largest absolute Gasteiger partial charge is 0.493 e. The number of nitrogens with zero attached hydrogens (tertiary/aromatic N) is 3. The van der Waals surface area contributed by atoms with Crippen molar-refractivity contribution in [3.8, 4) is 22.1 Å². The molecule has 0 spiro atoms. The summed E-state index contributed by atoms with van der Waals surface area (Å²) in [7, 11) is 0. The molecule has 0 aliphatic carbocycles. The van der Waals surface area contributed by atoms with E-state index in [4.69, 9.17) is 14.5 Å². The highest BCUT2D eigenvalue weighted by molar-refractivity contribution is 8.01. The van der Waals surface area contributed by atoms with Gasteiger partial charge in [0.2, 0.25) is 0 Å². The van der Waals surface area contributed by atoms with E-state index in [1.165, 1.54) is 46.5 Å². The number of anilines is 1. The van der Waals surface area contributed by atoms with Gasteiger partial charge in [0.15, 0.2) is 0 Å². The highest BCUT2D eigenvalue weighted by Gasteiger charge is 2.31. The van der Waals surface area contributed by atoms with Crippen LogP contribution < -0.4 is 14.4 Å². The monoisotopic (exact) mass is 683 g/mol. The second kappa shape index (κ2) is 13.4. The molecule has 4 aromatic rings. The minimum Gasteiger partial charge on any atom is -0.493 e. The maximum Gasteiger partial charge on any atom is 0.416 e. The molecule has 0 radical (unpaired) electrons. The van der Waals surface area contributed by atoms with Gasteiger partial charge >= 0.3 is 12.1 Å². The normalized spacial score (nSPS) is 15.4. The zero-order chi connectivity index (χ0) is 33.3. The van der Waals surface area contributed by atoms with Gasteiger partial charge in [0, 0.05) is 55.3 Å². The zero-order valence-electron chi connectivity index (χ0n) is 26.4. The Hall–Kier alpha value is -3.74. The first-order chi connectivity index (χ1) is 22.4. The SMILES string of the molecule is Cc1cc(OCc2sc(-c3ccc(C(F)(F)F)cc3)nc2CN2CCN(c3ccc4c(c3)CCO4)CC2)ccc1SC(C)(C)C(=O)O. The zero-order valence-corrected chi connectivity index (χ0v) is 28.0. The van der Waals surface area contributed by atoms with E-state index in [0.29, 0.717) is 22.9 Å². The minimum absolute atomic E-state index is 0.247. The first-order valence-corrected chi connectivity index (χ1v) is 17.0. The van der Waals surface area contributed by atoms with Gasteiger partial charge in [-0.05, 0) is 80.4 Å². The molecule has 1 N–H and O–H groups in total. The molecule has 0 saturated carbocycles. The number of piperazine rings is 1. The Labute approximate surface area is 280 Å². The third kappa shape index (κ3) is 7.71. The first-order valence-electron chi connectivity index (χ1n) is 15.4. The number of ether oxygens (including phenoxy) is 2. The molecular weight excluding hydrogens is 648 g/mol. The van der Waals surface area contributed by atoms with Gasteiger partial charge in [-0.1, -0.05) is 12.1 Å². The summed E-state index contributed by atoms with van der Waals surface area (Å²) in [6, 6.07) is 17.1. The molecule has 0 atom stereocenters. The number of hydrogen-bond acceptors (Lipinski definition) is 8. The van der Waals surface area contributed by atoms with Crippen LogP contribution in [0.15, 0.2) is 65.6 Å². The maximum atomic E-state index is 13.2. The summed E-state index contributed by atoms with van der Waals surface area (Å²) < 4.78 is 50.5. The fraction of sp³-hybridized carbons (Fsp3) is 0.371. The van der Waals surface area contributed by atoms with Crippen LogP contribution in [0.4, 0.5) is 18.9 Å². The van der Waals surface area contributed by atoms with Crippen LogP contribution in [0.25, 0.3) is 10.6 Å². The van der Waals surface area contributed by atoms with Crippen LogP contribution in [0.1, 0.15) is 41.1 Å². The summed E-state index contributed by atoms with van der Waals surface area (Å²) in [5, 5.41) is 10.2. The lowest BCUT2D eigenvalue weighted by Gasteiger charge is -2.36. The number of halogens is 3. The molecule has 2 aliphatic rings. The van der Waals surface area contributed by atoms with Crippen LogP contribution in [0.5, 0.6) is 11.5 Å². The molecule has 1 aromatic heterocycles. The van der Waals surface area contributed by atoms with Gasteiger partial charge in [-0.2, -0.15) is 13.2 Å². The minimum atomic E-state index is -4.41. The van der Waals surface area contributed by atoms with E-state index in [1.54, 1.807) is 13.8 Å². The second-order valence-corrected chi connectivity index (χ2v) is 15.0. The van der Waals surface area contributed by atoms with E-state index in [0.717, 1.165) is 78.1 Å². The van der Waals surface area contributed by atoms with Crippen molar-refractivity contribution in [1.29, 1.82) is 0 Å². The highest BCUT2D eigenvalue weighted by atomic mass is 32.2. The Morgan fingerprint density at radius 2 is 1.79 bits per heavy atom. The van der Waals surface area contributed by atoms with Crippen LogP contribution >= 0.6 is 23.1 Å². The Bertz CT molecular complexity index is 1750. The predicted molar refractivity (Wildman–Crippen MR) is 179 cm³/mol. The van der Waals surface area contributed by atoms with Gasteiger partial charge in [0.05, 0.1) is 22.7 Å². The number of aromatic nitrogens is 1. The molecular formula is C35H36F3N3O4S2. The lowest BCUT2D eigenvalue weighted by Crippen LogP contribution is -2.46. The molecule has 6 rings (SSSR count). The van der Waals surface area contributed by atoms with Gasteiger partial charge in [-0.15, -0.1) is 23.1 Å². The topological polar surface area (TPSA) is 75.1 Å². The number of thioether (sulfide) groups is 1. The molecule has 0 bridgehead atoms. The molecule has 248 valence electrons. The van der Waals surface area contributed by atoms with E-state index in [9.17, 15) is 23.1 Å². The molecule has 12 heteroatoms. The van der Waals surface area contributed by atoms with Crippen molar-refractivity contribution >= 4 is 34.8 Å². The van der Waals surface area contributed by atoms with Crippen LogP contribution in [0.2, 0.25) is 0 Å². The smallest absolute Gasteiger partial charge is 0.416 e.